The van der Waals surface area contributed by atoms with E-state index < -0.39 is 11.8 Å². The number of pyridine rings is 1. The predicted octanol–water partition coefficient (Wildman–Crippen LogP) is 4.09. The van der Waals surface area contributed by atoms with E-state index >= 15 is 0 Å². The lowest BCUT2D eigenvalue weighted by molar-refractivity contribution is 0.0697. The van der Waals surface area contributed by atoms with Gasteiger partial charge in [-0.3, -0.25) is 4.40 Å². The molecule has 4 rings (SSSR count). The van der Waals surface area contributed by atoms with Crippen molar-refractivity contribution in [3.8, 4) is 22.4 Å². The second-order valence-electron chi connectivity index (χ2n) is 5.91. The van der Waals surface area contributed by atoms with Gasteiger partial charge in [0.05, 0.1) is 23.1 Å². The van der Waals surface area contributed by atoms with Crippen molar-refractivity contribution in [2.45, 2.75) is 0 Å². The van der Waals surface area contributed by atoms with E-state index in [0.717, 1.165) is 16.8 Å². The molecule has 0 aliphatic rings. The number of benzene rings is 2. The number of anilines is 1. The highest BCUT2D eigenvalue weighted by atomic mass is 19.1. The molecule has 128 valence electrons. The minimum absolute atomic E-state index is 0.106. The highest BCUT2D eigenvalue weighted by molar-refractivity contribution is 5.88. The fourth-order valence-electron chi connectivity index (χ4n) is 2.87. The van der Waals surface area contributed by atoms with E-state index in [2.05, 4.69) is 4.98 Å². The summed E-state index contributed by atoms with van der Waals surface area (Å²) in [4.78, 5) is 15.4. The zero-order valence-electron chi connectivity index (χ0n) is 13.6. The first-order chi connectivity index (χ1) is 12.5. The zero-order valence-corrected chi connectivity index (χ0v) is 13.6. The lowest BCUT2D eigenvalue weighted by Gasteiger charge is -2.06. The molecule has 0 saturated carbocycles. The number of nitrogens with zero attached hydrogens (tertiary/aromatic N) is 2. The van der Waals surface area contributed by atoms with Gasteiger partial charge in [-0.15, -0.1) is 0 Å². The summed E-state index contributed by atoms with van der Waals surface area (Å²) in [5, 5.41) is 8.99. The lowest BCUT2D eigenvalue weighted by Crippen LogP contribution is -1.95. The Hall–Kier alpha value is -3.67. The largest absolute Gasteiger partial charge is 0.478 e. The molecule has 0 radical (unpaired) electrons. The van der Waals surface area contributed by atoms with Gasteiger partial charge in [0.15, 0.2) is 0 Å². The number of rotatable bonds is 3. The molecule has 6 heteroatoms. The van der Waals surface area contributed by atoms with Crippen LogP contribution in [0, 0.1) is 5.82 Å². The van der Waals surface area contributed by atoms with Gasteiger partial charge in [0, 0.05) is 11.8 Å². The maximum atomic E-state index is 13.7. The summed E-state index contributed by atoms with van der Waals surface area (Å²) in [6, 6.07) is 15.1. The normalized spacial score (nSPS) is 11.0. The van der Waals surface area contributed by atoms with Crippen LogP contribution in [0.4, 0.5) is 10.1 Å². The standard InChI is InChI=1S/C20H14FN3O2/c21-16-9-15(5-6-17(16)22)18-11-23-19-10-14(7-8-24(18)19)12-1-3-13(4-2-12)20(25)26/h1-11H,22H2,(H,25,26). The van der Waals surface area contributed by atoms with E-state index in [1.54, 1.807) is 36.5 Å². The number of carbonyl (C=O) groups is 1. The van der Waals surface area contributed by atoms with E-state index in [0.29, 0.717) is 11.2 Å². The quantitative estimate of drug-likeness (QED) is 0.547. The van der Waals surface area contributed by atoms with Crippen LogP contribution in [0.15, 0.2) is 67.0 Å². The van der Waals surface area contributed by atoms with Crippen LogP contribution in [-0.2, 0) is 0 Å². The van der Waals surface area contributed by atoms with Crippen LogP contribution in [0.1, 0.15) is 10.4 Å². The molecule has 0 aliphatic carbocycles. The summed E-state index contributed by atoms with van der Waals surface area (Å²) in [5.41, 5.74) is 9.83. The molecule has 5 nitrogen and oxygen atoms in total. The second-order valence-corrected chi connectivity index (χ2v) is 5.91. The third-order valence-electron chi connectivity index (χ3n) is 4.27. The Kier molecular flexibility index (Phi) is 3.65. The maximum Gasteiger partial charge on any atom is 0.335 e. The summed E-state index contributed by atoms with van der Waals surface area (Å²) in [5.74, 6) is -1.42. The van der Waals surface area contributed by atoms with E-state index in [-0.39, 0.29) is 11.3 Å². The van der Waals surface area contributed by atoms with E-state index in [9.17, 15) is 9.18 Å². The van der Waals surface area contributed by atoms with Crippen LogP contribution in [0.2, 0.25) is 0 Å². The summed E-state index contributed by atoms with van der Waals surface area (Å²) >= 11 is 0. The first-order valence-corrected chi connectivity index (χ1v) is 7.89. The average molecular weight is 347 g/mol. The van der Waals surface area contributed by atoms with Crippen LogP contribution in [-0.4, -0.2) is 20.5 Å². The Labute approximate surface area is 148 Å². The molecular weight excluding hydrogens is 333 g/mol. The topological polar surface area (TPSA) is 80.6 Å². The van der Waals surface area contributed by atoms with Crippen molar-refractivity contribution in [1.82, 2.24) is 9.38 Å². The summed E-state index contributed by atoms with van der Waals surface area (Å²) in [6.07, 6.45) is 3.53. The number of aromatic carboxylic acids is 1. The van der Waals surface area contributed by atoms with Crippen LogP contribution >= 0.6 is 0 Å². The SMILES string of the molecule is Nc1ccc(-c2cnc3cc(-c4ccc(C(=O)O)cc4)ccn23)cc1F. The molecule has 2 aromatic carbocycles. The van der Waals surface area contributed by atoms with Crippen LogP contribution < -0.4 is 5.73 Å². The van der Waals surface area contributed by atoms with Crippen molar-refractivity contribution in [2.75, 3.05) is 5.73 Å². The van der Waals surface area contributed by atoms with Crippen molar-refractivity contribution in [2.24, 2.45) is 0 Å². The summed E-state index contributed by atoms with van der Waals surface area (Å²) in [7, 11) is 0. The van der Waals surface area contributed by atoms with Gasteiger partial charge in [0.1, 0.15) is 11.5 Å². The molecule has 0 unspecified atom stereocenters. The monoisotopic (exact) mass is 347 g/mol. The lowest BCUT2D eigenvalue weighted by atomic mass is 10.0. The van der Waals surface area contributed by atoms with Gasteiger partial charge in [-0.2, -0.15) is 0 Å². The molecule has 0 amide bonds. The number of hydrogen-bond acceptors (Lipinski definition) is 3. The summed E-state index contributed by atoms with van der Waals surface area (Å²) < 4.78 is 15.6. The molecule has 4 aromatic rings. The third kappa shape index (κ3) is 2.67. The molecule has 2 aromatic heterocycles. The van der Waals surface area contributed by atoms with Crippen molar-refractivity contribution in [1.29, 1.82) is 0 Å². The van der Waals surface area contributed by atoms with Gasteiger partial charge in [0.2, 0.25) is 0 Å². The number of aromatic nitrogens is 2. The fraction of sp³-hybridized carbons (Fsp3) is 0. The van der Waals surface area contributed by atoms with Crippen molar-refractivity contribution >= 4 is 17.3 Å². The molecule has 0 spiro atoms. The molecule has 3 N–H and O–H groups in total. The van der Waals surface area contributed by atoms with Crippen LogP contribution in [0.25, 0.3) is 28.0 Å². The number of fused-ring (bicyclic) bond motifs is 1. The van der Waals surface area contributed by atoms with Crippen molar-refractivity contribution in [3.05, 3.63) is 78.4 Å². The van der Waals surface area contributed by atoms with Crippen LogP contribution in [0.3, 0.4) is 0 Å². The number of imidazole rings is 1. The Balaban J connectivity index is 1.75. The Morgan fingerprint density at radius 2 is 1.73 bits per heavy atom. The second kappa shape index (κ2) is 6.00. The fourth-order valence-corrected chi connectivity index (χ4v) is 2.87. The number of nitrogens with two attached hydrogens (primary N) is 1. The Morgan fingerprint density at radius 3 is 2.42 bits per heavy atom. The van der Waals surface area contributed by atoms with Gasteiger partial charge in [-0.05, 0) is 47.5 Å². The van der Waals surface area contributed by atoms with Crippen molar-refractivity contribution < 1.29 is 14.3 Å². The minimum Gasteiger partial charge on any atom is -0.478 e. The molecule has 0 atom stereocenters. The number of nitrogen functional groups attached to an aromatic ring is 1. The zero-order chi connectivity index (χ0) is 18.3. The summed E-state index contributed by atoms with van der Waals surface area (Å²) in [6.45, 7) is 0. The molecule has 0 bridgehead atoms. The molecule has 0 saturated heterocycles. The predicted molar refractivity (Wildman–Crippen MR) is 97.4 cm³/mol. The Bertz CT molecular complexity index is 1130. The van der Waals surface area contributed by atoms with Crippen LogP contribution in [0.5, 0.6) is 0 Å². The molecule has 26 heavy (non-hydrogen) atoms. The highest BCUT2D eigenvalue weighted by Crippen LogP contribution is 2.27. The van der Waals surface area contributed by atoms with E-state index in [4.69, 9.17) is 10.8 Å². The number of carboxylic acid groups (broad SMARTS) is 1. The molecule has 2 heterocycles. The third-order valence-corrected chi connectivity index (χ3v) is 4.27. The number of carboxylic acids is 1. The first-order valence-electron chi connectivity index (χ1n) is 7.89. The van der Waals surface area contributed by atoms with Gasteiger partial charge in [-0.25, -0.2) is 14.2 Å². The minimum atomic E-state index is -0.958. The molecule has 0 fully saturated rings. The first kappa shape index (κ1) is 15.8. The molecule has 0 aliphatic heterocycles. The number of halogens is 1. The van der Waals surface area contributed by atoms with Gasteiger partial charge in [0.25, 0.3) is 0 Å². The number of hydrogen-bond donors (Lipinski definition) is 2. The Morgan fingerprint density at radius 1 is 1.00 bits per heavy atom. The molecular formula is C20H14FN3O2. The highest BCUT2D eigenvalue weighted by Gasteiger charge is 2.10. The van der Waals surface area contributed by atoms with Gasteiger partial charge >= 0.3 is 5.97 Å². The maximum absolute atomic E-state index is 13.7. The average Bonchev–Trinajstić information content (AvgIpc) is 3.07. The van der Waals surface area contributed by atoms with Gasteiger partial charge in [-0.1, -0.05) is 18.2 Å². The van der Waals surface area contributed by atoms with E-state index in [1.165, 1.54) is 12.1 Å². The van der Waals surface area contributed by atoms with Gasteiger partial charge < -0.3 is 10.8 Å². The van der Waals surface area contributed by atoms with E-state index in [1.807, 2.05) is 22.7 Å². The smallest absolute Gasteiger partial charge is 0.335 e. The van der Waals surface area contributed by atoms with Crippen molar-refractivity contribution in [3.63, 3.8) is 0 Å².